The van der Waals surface area contributed by atoms with Gasteiger partial charge in [-0.1, -0.05) is 17.8 Å². The van der Waals surface area contributed by atoms with Gasteiger partial charge in [0.2, 0.25) is 5.78 Å². The van der Waals surface area contributed by atoms with Crippen LogP contribution in [0.4, 0.5) is 5.69 Å². The molecule has 2 aromatic heterocycles. The molecule has 0 radical (unpaired) electrons. The van der Waals surface area contributed by atoms with Gasteiger partial charge in [-0.2, -0.15) is 0 Å². The van der Waals surface area contributed by atoms with Crippen molar-refractivity contribution in [2.24, 2.45) is 7.05 Å². The van der Waals surface area contributed by atoms with Gasteiger partial charge >= 0.3 is 0 Å². The second-order valence-corrected chi connectivity index (χ2v) is 8.49. The first-order chi connectivity index (χ1) is 15.4. The number of imidazole rings is 1. The number of aryl methyl sites for hydroxylation is 3. The van der Waals surface area contributed by atoms with E-state index >= 15 is 0 Å². The monoisotopic (exact) mass is 442 g/mol. The molecule has 160 valence electrons. The lowest BCUT2D eigenvalue weighted by molar-refractivity contribution is 0.101. The maximum absolute atomic E-state index is 13.0. The highest BCUT2D eigenvalue weighted by Crippen LogP contribution is 2.30. The first-order valence-electron chi connectivity index (χ1n) is 10.1. The van der Waals surface area contributed by atoms with Gasteiger partial charge in [-0.3, -0.25) is 9.59 Å². The Hall–Kier alpha value is -3.71. The lowest BCUT2D eigenvalue weighted by atomic mass is 10.1. The largest absolute Gasteiger partial charge is 0.331 e. The number of carbonyl (C=O) groups is 2. The number of amides is 1. The Morgan fingerprint density at radius 2 is 1.72 bits per heavy atom. The van der Waals surface area contributed by atoms with Crippen LogP contribution in [0.15, 0.2) is 83.1 Å². The number of hydrogen-bond acceptors (Lipinski definition) is 5. The summed E-state index contributed by atoms with van der Waals surface area (Å²) in [6.07, 6.45) is 4.99. The second-order valence-electron chi connectivity index (χ2n) is 7.43. The minimum absolute atomic E-state index is 0.172. The molecule has 0 aliphatic heterocycles. The fraction of sp³-hybridized carbons (Fsp3) is 0.120. The summed E-state index contributed by atoms with van der Waals surface area (Å²) in [7, 11) is 1.77. The number of carbonyl (C=O) groups excluding carboxylic acids is 2. The third-order valence-electron chi connectivity index (χ3n) is 5.14. The molecule has 0 aliphatic rings. The van der Waals surface area contributed by atoms with E-state index in [1.54, 1.807) is 66.6 Å². The molecule has 0 unspecified atom stereocenters. The molecular weight excluding hydrogens is 420 g/mol. The van der Waals surface area contributed by atoms with Gasteiger partial charge in [0.25, 0.3) is 5.91 Å². The molecule has 2 aromatic carbocycles. The molecule has 32 heavy (non-hydrogen) atoms. The summed E-state index contributed by atoms with van der Waals surface area (Å²) in [5.74, 6) is -0.0625. The highest BCUT2D eigenvalue weighted by molar-refractivity contribution is 7.99. The SMILES string of the molecule is Cc1ccc(Sc2ncccc2C(=O)Nc2ccc(C(=O)c3nccn3C)cc2)cc1C. The third-order valence-corrected chi connectivity index (χ3v) is 6.15. The van der Waals surface area contributed by atoms with Crippen LogP contribution in [0.3, 0.4) is 0 Å². The maximum Gasteiger partial charge on any atom is 0.258 e. The van der Waals surface area contributed by atoms with Gasteiger partial charge in [-0.25, -0.2) is 9.97 Å². The summed E-state index contributed by atoms with van der Waals surface area (Å²) in [5.41, 5.74) is 4.00. The zero-order valence-electron chi connectivity index (χ0n) is 18.0. The summed E-state index contributed by atoms with van der Waals surface area (Å²) in [4.78, 5) is 35.0. The minimum atomic E-state index is -0.257. The van der Waals surface area contributed by atoms with E-state index in [4.69, 9.17) is 0 Å². The van der Waals surface area contributed by atoms with E-state index in [0.717, 1.165) is 4.90 Å². The molecular formula is C25H22N4O2S. The summed E-state index contributed by atoms with van der Waals surface area (Å²) in [6, 6.07) is 16.5. The molecule has 2 heterocycles. The van der Waals surface area contributed by atoms with Crippen LogP contribution < -0.4 is 5.32 Å². The lowest BCUT2D eigenvalue weighted by Crippen LogP contribution is -2.14. The molecule has 6 nitrogen and oxygen atoms in total. The van der Waals surface area contributed by atoms with Crippen LogP contribution in [0, 0.1) is 13.8 Å². The van der Waals surface area contributed by atoms with Gasteiger partial charge in [0, 0.05) is 41.8 Å². The number of benzene rings is 2. The van der Waals surface area contributed by atoms with Crippen molar-refractivity contribution >= 4 is 29.1 Å². The van der Waals surface area contributed by atoms with Gasteiger partial charge in [-0.15, -0.1) is 0 Å². The van der Waals surface area contributed by atoms with Gasteiger partial charge in [0.1, 0.15) is 5.03 Å². The molecule has 1 N–H and O–H groups in total. The van der Waals surface area contributed by atoms with Crippen LogP contribution in [0.25, 0.3) is 0 Å². The average Bonchev–Trinajstić information content (AvgIpc) is 3.22. The van der Waals surface area contributed by atoms with Crippen LogP contribution in [0.5, 0.6) is 0 Å². The molecule has 0 saturated heterocycles. The molecule has 0 spiro atoms. The highest BCUT2D eigenvalue weighted by Gasteiger charge is 2.16. The number of nitrogens with one attached hydrogen (secondary N) is 1. The van der Waals surface area contributed by atoms with Crippen molar-refractivity contribution in [3.05, 3.63) is 101 Å². The van der Waals surface area contributed by atoms with E-state index in [1.807, 2.05) is 6.07 Å². The number of pyridine rings is 1. The van der Waals surface area contributed by atoms with E-state index in [1.165, 1.54) is 22.9 Å². The summed E-state index contributed by atoms with van der Waals surface area (Å²) in [5, 5.41) is 3.53. The zero-order valence-corrected chi connectivity index (χ0v) is 18.8. The Morgan fingerprint density at radius 3 is 2.41 bits per heavy atom. The Bertz CT molecular complexity index is 1300. The molecule has 0 fully saturated rings. The molecule has 1 amide bonds. The number of rotatable bonds is 6. The van der Waals surface area contributed by atoms with Crippen LogP contribution in [0.2, 0.25) is 0 Å². The van der Waals surface area contributed by atoms with E-state index in [2.05, 4.69) is 41.3 Å². The topological polar surface area (TPSA) is 76.9 Å². The Kier molecular flexibility index (Phi) is 6.18. The minimum Gasteiger partial charge on any atom is -0.331 e. The lowest BCUT2D eigenvalue weighted by Gasteiger charge is -2.10. The van der Waals surface area contributed by atoms with Gasteiger partial charge in [0.15, 0.2) is 5.82 Å². The van der Waals surface area contributed by atoms with Gasteiger partial charge < -0.3 is 9.88 Å². The Balaban J connectivity index is 1.50. The normalized spacial score (nSPS) is 10.7. The van der Waals surface area contributed by atoms with E-state index in [9.17, 15) is 9.59 Å². The number of ketones is 1. The predicted molar refractivity (Wildman–Crippen MR) is 125 cm³/mol. The highest BCUT2D eigenvalue weighted by atomic mass is 32.2. The summed E-state index contributed by atoms with van der Waals surface area (Å²) in [6.45, 7) is 4.13. The van der Waals surface area contributed by atoms with Crippen molar-refractivity contribution in [1.82, 2.24) is 14.5 Å². The standard InChI is InChI=1S/C25H22N4O2S/c1-16-6-11-20(15-17(16)2)32-25-21(5-4-12-27-25)24(31)28-19-9-7-18(8-10-19)22(30)23-26-13-14-29(23)3/h4-15H,1-3H3,(H,28,31). The first-order valence-corrected chi connectivity index (χ1v) is 10.9. The number of anilines is 1. The number of hydrogen-bond donors (Lipinski definition) is 1. The predicted octanol–water partition coefficient (Wildman–Crippen LogP) is 5.07. The molecule has 7 heteroatoms. The molecule has 0 atom stereocenters. The van der Waals surface area contributed by atoms with Crippen LogP contribution in [0.1, 0.15) is 37.7 Å². The van der Waals surface area contributed by atoms with Crippen molar-refractivity contribution in [2.45, 2.75) is 23.8 Å². The van der Waals surface area contributed by atoms with Crippen molar-refractivity contribution < 1.29 is 9.59 Å². The Morgan fingerprint density at radius 1 is 0.938 bits per heavy atom. The molecule has 4 aromatic rings. The Labute approximate surface area is 190 Å². The van der Waals surface area contributed by atoms with E-state index < -0.39 is 0 Å². The third kappa shape index (κ3) is 4.63. The van der Waals surface area contributed by atoms with Crippen LogP contribution in [-0.2, 0) is 7.05 Å². The number of aromatic nitrogens is 3. The molecule has 0 aliphatic carbocycles. The van der Waals surface area contributed by atoms with Crippen LogP contribution in [-0.4, -0.2) is 26.2 Å². The van der Waals surface area contributed by atoms with Crippen LogP contribution >= 0.6 is 11.8 Å². The van der Waals surface area contributed by atoms with Gasteiger partial charge in [0.05, 0.1) is 5.56 Å². The smallest absolute Gasteiger partial charge is 0.258 e. The van der Waals surface area contributed by atoms with E-state index in [0.29, 0.717) is 27.7 Å². The second kappa shape index (κ2) is 9.20. The molecule has 0 bridgehead atoms. The first kappa shape index (κ1) is 21.5. The molecule has 4 rings (SSSR count). The van der Waals surface area contributed by atoms with E-state index in [-0.39, 0.29) is 11.7 Å². The fourth-order valence-corrected chi connectivity index (χ4v) is 4.13. The average molecular weight is 443 g/mol. The zero-order chi connectivity index (χ0) is 22.7. The fourth-order valence-electron chi connectivity index (χ4n) is 3.15. The van der Waals surface area contributed by atoms with Crippen molar-refractivity contribution in [2.75, 3.05) is 5.32 Å². The van der Waals surface area contributed by atoms with Crippen molar-refractivity contribution in [1.29, 1.82) is 0 Å². The maximum atomic E-state index is 13.0. The van der Waals surface area contributed by atoms with Gasteiger partial charge in [-0.05, 0) is 73.5 Å². The summed E-state index contributed by atoms with van der Waals surface area (Å²) < 4.78 is 1.68. The summed E-state index contributed by atoms with van der Waals surface area (Å²) >= 11 is 1.46. The van der Waals surface area contributed by atoms with Crippen molar-refractivity contribution in [3.8, 4) is 0 Å². The van der Waals surface area contributed by atoms with Crippen molar-refractivity contribution in [3.63, 3.8) is 0 Å². The molecule has 0 saturated carbocycles. The number of nitrogens with zero attached hydrogens (tertiary/aromatic N) is 3. The quantitative estimate of drug-likeness (QED) is 0.422.